The van der Waals surface area contributed by atoms with Crippen LogP contribution in [0.3, 0.4) is 0 Å². The molecule has 120 valence electrons. The Morgan fingerprint density at radius 1 is 1.23 bits per heavy atom. The highest BCUT2D eigenvalue weighted by Crippen LogP contribution is 2.18. The smallest absolute Gasteiger partial charge is 0.275 e. The summed E-state index contributed by atoms with van der Waals surface area (Å²) in [5, 5.41) is 6.54. The first kappa shape index (κ1) is 16.8. The van der Waals surface area contributed by atoms with Gasteiger partial charge < -0.3 is 15.5 Å². The zero-order valence-electron chi connectivity index (χ0n) is 13.0. The lowest BCUT2D eigenvalue weighted by molar-refractivity contribution is -0.862. The van der Waals surface area contributed by atoms with Gasteiger partial charge in [0.2, 0.25) is 0 Å². The van der Waals surface area contributed by atoms with Crippen molar-refractivity contribution < 1.29 is 14.5 Å². The molecule has 0 radical (unpaired) electrons. The fourth-order valence-corrected chi connectivity index (χ4v) is 2.37. The maximum atomic E-state index is 12.0. The maximum absolute atomic E-state index is 12.0. The average Bonchev–Trinajstić information content (AvgIpc) is 3.22. The van der Waals surface area contributed by atoms with E-state index in [9.17, 15) is 9.59 Å². The van der Waals surface area contributed by atoms with Crippen LogP contribution in [0, 0.1) is 0 Å². The van der Waals surface area contributed by atoms with E-state index < -0.39 is 0 Å². The first-order chi connectivity index (χ1) is 10.4. The Bertz CT molecular complexity index is 529. The number of carbonyl (C=O) groups is 2. The summed E-state index contributed by atoms with van der Waals surface area (Å²) in [6, 6.07) is 7.68. The van der Waals surface area contributed by atoms with E-state index in [1.165, 1.54) is 0 Å². The summed E-state index contributed by atoms with van der Waals surface area (Å²) in [5.74, 6) is -0.0577. The molecule has 1 aromatic rings. The van der Waals surface area contributed by atoms with E-state index >= 15 is 0 Å². The highest BCUT2D eigenvalue weighted by atomic mass is 35.5. The molecule has 6 heteroatoms. The molecule has 5 nitrogen and oxygen atoms in total. The Balaban J connectivity index is 1.73. The molecule has 1 aromatic carbocycles. The van der Waals surface area contributed by atoms with Crippen LogP contribution in [-0.2, 0) is 9.59 Å². The molecule has 2 amide bonds. The lowest BCUT2D eigenvalue weighted by Crippen LogP contribution is -3.11. The predicted molar refractivity (Wildman–Crippen MR) is 85.8 cm³/mol. The van der Waals surface area contributed by atoms with Crippen molar-refractivity contribution in [3.8, 4) is 0 Å². The number of amides is 2. The minimum Gasteiger partial charge on any atom is -0.348 e. The molecule has 1 fully saturated rings. The number of carbonyl (C=O) groups excluding carboxylic acids is 2. The molecule has 0 spiro atoms. The fourth-order valence-electron chi connectivity index (χ4n) is 2.24. The van der Waals surface area contributed by atoms with Gasteiger partial charge in [-0.15, -0.1) is 0 Å². The number of hydrogen-bond acceptors (Lipinski definition) is 2. The van der Waals surface area contributed by atoms with Gasteiger partial charge in [-0.3, -0.25) is 9.59 Å². The van der Waals surface area contributed by atoms with Gasteiger partial charge in [0.1, 0.15) is 0 Å². The Labute approximate surface area is 136 Å². The third kappa shape index (κ3) is 5.66. The first-order valence-corrected chi connectivity index (χ1v) is 7.97. The summed E-state index contributed by atoms with van der Waals surface area (Å²) in [7, 11) is 1.85. The maximum Gasteiger partial charge on any atom is 0.275 e. The average molecular weight is 325 g/mol. The van der Waals surface area contributed by atoms with Crippen LogP contribution < -0.4 is 15.5 Å². The van der Waals surface area contributed by atoms with Crippen LogP contribution in [0.2, 0.25) is 5.02 Å². The van der Waals surface area contributed by atoms with E-state index in [1.54, 1.807) is 12.1 Å². The molecule has 0 heterocycles. The van der Waals surface area contributed by atoms with Crippen LogP contribution in [-0.4, -0.2) is 38.0 Å². The molecule has 0 bridgehead atoms. The molecule has 0 aromatic heterocycles. The van der Waals surface area contributed by atoms with Gasteiger partial charge >= 0.3 is 0 Å². The van der Waals surface area contributed by atoms with Crippen molar-refractivity contribution in [1.29, 1.82) is 0 Å². The summed E-state index contributed by atoms with van der Waals surface area (Å²) in [6.45, 7) is 2.52. The fraction of sp³-hybridized carbons (Fsp3) is 0.500. The van der Waals surface area contributed by atoms with Crippen molar-refractivity contribution >= 4 is 23.4 Å². The summed E-state index contributed by atoms with van der Waals surface area (Å²) in [4.78, 5) is 24.6. The van der Waals surface area contributed by atoms with E-state index in [1.807, 2.05) is 26.1 Å². The lowest BCUT2D eigenvalue weighted by atomic mass is 10.1. The molecule has 1 saturated carbocycles. The number of halogens is 1. The second kappa shape index (κ2) is 7.61. The highest BCUT2D eigenvalue weighted by Gasteiger charge is 2.25. The number of nitrogens with one attached hydrogen (secondary N) is 3. The Hall–Kier alpha value is -1.59. The largest absolute Gasteiger partial charge is 0.348 e. The van der Waals surface area contributed by atoms with Gasteiger partial charge in [0, 0.05) is 11.1 Å². The van der Waals surface area contributed by atoms with Crippen LogP contribution >= 0.6 is 11.6 Å². The second-order valence-electron chi connectivity index (χ2n) is 5.99. The first-order valence-electron chi connectivity index (χ1n) is 7.59. The normalized spacial score (nSPS) is 16.7. The summed E-state index contributed by atoms with van der Waals surface area (Å²) in [6.07, 6.45) is 2.15. The molecule has 2 rings (SSSR count). The molecule has 1 unspecified atom stereocenters. The monoisotopic (exact) mass is 324 g/mol. The molecule has 0 aliphatic heterocycles. The number of likely N-dealkylation sites (N-methyl/N-ethyl adjacent to an activating group) is 1. The van der Waals surface area contributed by atoms with Gasteiger partial charge in [-0.2, -0.15) is 0 Å². The molecule has 1 aliphatic carbocycles. The van der Waals surface area contributed by atoms with Gasteiger partial charge in [0.05, 0.1) is 13.1 Å². The number of benzene rings is 1. The van der Waals surface area contributed by atoms with Gasteiger partial charge in [0.15, 0.2) is 13.1 Å². The highest BCUT2D eigenvalue weighted by molar-refractivity contribution is 6.30. The summed E-state index contributed by atoms with van der Waals surface area (Å²) in [5.41, 5.74) is 1.00. The summed E-state index contributed by atoms with van der Waals surface area (Å²) >= 11 is 5.85. The van der Waals surface area contributed by atoms with Crippen LogP contribution in [0.5, 0.6) is 0 Å². The Kier molecular flexibility index (Phi) is 5.80. The predicted octanol–water partition coefficient (Wildman–Crippen LogP) is 0.311. The zero-order valence-corrected chi connectivity index (χ0v) is 13.7. The zero-order chi connectivity index (χ0) is 16.1. The molecular formula is C16H23ClN3O2+. The van der Waals surface area contributed by atoms with Crippen LogP contribution in [0.15, 0.2) is 24.3 Å². The van der Waals surface area contributed by atoms with Crippen molar-refractivity contribution in [2.45, 2.75) is 31.8 Å². The molecule has 3 N–H and O–H groups in total. The van der Waals surface area contributed by atoms with Crippen molar-refractivity contribution in [1.82, 2.24) is 10.6 Å². The number of rotatable bonds is 7. The lowest BCUT2D eigenvalue weighted by Gasteiger charge is -2.17. The number of quaternary nitrogens is 1. The van der Waals surface area contributed by atoms with Crippen molar-refractivity contribution in [3.63, 3.8) is 0 Å². The van der Waals surface area contributed by atoms with Crippen LogP contribution in [0.1, 0.15) is 31.4 Å². The summed E-state index contributed by atoms with van der Waals surface area (Å²) < 4.78 is 0. The molecule has 1 aliphatic rings. The molecule has 22 heavy (non-hydrogen) atoms. The van der Waals surface area contributed by atoms with Gasteiger partial charge in [0.25, 0.3) is 11.8 Å². The minimum atomic E-state index is -0.0853. The minimum absolute atomic E-state index is 0.0125. The van der Waals surface area contributed by atoms with Crippen molar-refractivity contribution in [3.05, 3.63) is 34.9 Å². The second-order valence-corrected chi connectivity index (χ2v) is 6.43. The molecule has 2 atom stereocenters. The van der Waals surface area contributed by atoms with Crippen molar-refractivity contribution in [2.24, 2.45) is 0 Å². The topological polar surface area (TPSA) is 62.6 Å². The standard InChI is InChI=1S/C16H22ClN3O2/c1-11(12-3-5-13(17)6-4-12)18-15(21)9-20(2)10-16(22)19-14-7-8-14/h3-6,11,14H,7-10H2,1-2H3,(H,18,21)(H,19,22)/p+1/t11-/m0/s1. The SMILES string of the molecule is C[C@H](NC(=O)C[NH+](C)CC(=O)NC1CC1)c1ccc(Cl)cc1. The third-order valence-corrected chi connectivity index (χ3v) is 3.87. The van der Waals surface area contributed by atoms with E-state index in [4.69, 9.17) is 11.6 Å². The van der Waals surface area contributed by atoms with E-state index in [2.05, 4.69) is 10.6 Å². The van der Waals surface area contributed by atoms with E-state index in [-0.39, 0.29) is 24.4 Å². The third-order valence-electron chi connectivity index (χ3n) is 3.61. The van der Waals surface area contributed by atoms with Crippen LogP contribution in [0.4, 0.5) is 0 Å². The van der Waals surface area contributed by atoms with E-state index in [0.717, 1.165) is 23.3 Å². The van der Waals surface area contributed by atoms with Gasteiger partial charge in [-0.25, -0.2) is 0 Å². The van der Waals surface area contributed by atoms with E-state index in [0.29, 0.717) is 17.6 Å². The van der Waals surface area contributed by atoms with Gasteiger partial charge in [-0.05, 0) is 37.5 Å². The quantitative estimate of drug-likeness (QED) is 0.676. The van der Waals surface area contributed by atoms with Crippen LogP contribution in [0.25, 0.3) is 0 Å². The molecular weight excluding hydrogens is 302 g/mol. The number of hydrogen-bond donors (Lipinski definition) is 3. The Morgan fingerprint density at radius 2 is 1.82 bits per heavy atom. The molecule has 0 saturated heterocycles. The van der Waals surface area contributed by atoms with Gasteiger partial charge in [-0.1, -0.05) is 23.7 Å². The van der Waals surface area contributed by atoms with Crippen molar-refractivity contribution in [2.75, 3.05) is 20.1 Å². The Morgan fingerprint density at radius 3 is 2.41 bits per heavy atom.